The number of likely N-dealkylation sites (N-methyl/N-ethyl adjacent to an activating group) is 5. The highest BCUT2D eigenvalue weighted by Crippen LogP contribution is 2.44. The number of carbonyl (C=O) groups is 11. The maximum Gasteiger partial charge on any atom is 0.393 e. The third-order valence-corrected chi connectivity index (χ3v) is 23.3. The zero-order valence-electron chi connectivity index (χ0n) is 59.2. The number of nitrogens with zero attached hydrogens (tertiary/aromatic N) is 7. The summed E-state index contributed by atoms with van der Waals surface area (Å²) in [4.78, 5) is 173. The number of amides is 11. The molecule has 0 radical (unpaired) electrons. The van der Waals surface area contributed by atoms with Crippen molar-refractivity contribution >= 4 is 76.6 Å². The number of halogens is 4. The highest BCUT2D eigenvalue weighted by molar-refractivity contribution is 6.20. The summed E-state index contributed by atoms with van der Waals surface area (Å²) in [6.45, 7) is 14.5. The molecule has 7 aliphatic rings. The number of carbonyl (C=O) groups excluding carboxylic acids is 11. The molecule has 3 aliphatic heterocycles. The van der Waals surface area contributed by atoms with Gasteiger partial charge in [0, 0.05) is 65.7 Å². The van der Waals surface area contributed by atoms with Gasteiger partial charge < -0.3 is 55.6 Å². The van der Waals surface area contributed by atoms with Crippen molar-refractivity contribution in [1.82, 2.24) is 55.6 Å². The minimum atomic E-state index is -4.49. The van der Waals surface area contributed by atoms with Crippen LogP contribution in [-0.4, -0.2) is 225 Å². The maximum atomic E-state index is 15.3. The summed E-state index contributed by atoms with van der Waals surface area (Å²) in [5.41, 5.74) is -1.46. The average Bonchev–Trinajstić information content (AvgIpc) is 1.53. The fourth-order valence-corrected chi connectivity index (χ4v) is 16.9. The van der Waals surface area contributed by atoms with Crippen LogP contribution in [0.2, 0.25) is 0 Å². The second-order valence-corrected chi connectivity index (χ2v) is 30.8. The normalized spacial score (nSPS) is 33.1. The lowest BCUT2D eigenvalue weighted by Crippen LogP contribution is -2.65. The van der Waals surface area contributed by atoms with Crippen molar-refractivity contribution in [3.8, 4) is 0 Å². The molecule has 26 heteroatoms. The number of fused-ring (bicyclic) bond motifs is 2. The van der Waals surface area contributed by atoms with E-state index in [0.717, 1.165) is 38.5 Å². The van der Waals surface area contributed by atoms with Crippen molar-refractivity contribution in [1.29, 1.82) is 0 Å². The molecular formula is C70H113ClF3N11O11. The number of alkyl halides is 4. The summed E-state index contributed by atoms with van der Waals surface area (Å²) in [6, 6.07) is -9.55. The molecule has 0 aromatic rings. The van der Waals surface area contributed by atoms with Gasteiger partial charge in [0.2, 0.25) is 65.0 Å². The largest absolute Gasteiger partial charge is 0.393 e. The lowest BCUT2D eigenvalue weighted by atomic mass is 9.78. The third kappa shape index (κ3) is 18.6. The molecule has 542 valence electrons. The van der Waals surface area contributed by atoms with E-state index in [-0.39, 0.29) is 120 Å². The summed E-state index contributed by atoms with van der Waals surface area (Å²) in [6.07, 6.45) is 5.25. The quantitative estimate of drug-likeness (QED) is 0.154. The van der Waals surface area contributed by atoms with Crippen molar-refractivity contribution in [2.24, 2.45) is 41.4 Å². The Morgan fingerprint density at radius 1 is 0.615 bits per heavy atom. The van der Waals surface area contributed by atoms with E-state index in [1.165, 1.54) is 55.4 Å². The van der Waals surface area contributed by atoms with Crippen LogP contribution < -0.4 is 21.3 Å². The Morgan fingerprint density at radius 2 is 1.25 bits per heavy atom. The smallest absolute Gasteiger partial charge is 0.351 e. The molecule has 7 rings (SSSR count). The van der Waals surface area contributed by atoms with Crippen LogP contribution in [0.5, 0.6) is 0 Å². The van der Waals surface area contributed by atoms with Gasteiger partial charge in [-0.2, -0.15) is 13.2 Å². The Balaban J connectivity index is 1.24. The van der Waals surface area contributed by atoms with Gasteiger partial charge in [-0.3, -0.25) is 52.7 Å². The fraction of sp³-hybridized carbons (Fsp3) is 0.843. The minimum Gasteiger partial charge on any atom is -0.351 e. The molecule has 22 nitrogen and oxygen atoms in total. The van der Waals surface area contributed by atoms with Crippen LogP contribution in [0, 0.1) is 41.4 Å². The van der Waals surface area contributed by atoms with Gasteiger partial charge in [-0.05, 0) is 146 Å². The van der Waals surface area contributed by atoms with Gasteiger partial charge >= 0.3 is 6.18 Å². The molecule has 13 atom stereocenters. The molecule has 96 heavy (non-hydrogen) atoms. The molecule has 4 aliphatic carbocycles. The van der Waals surface area contributed by atoms with E-state index >= 15 is 14.4 Å². The first-order valence-electron chi connectivity index (χ1n) is 36.1. The molecule has 3 unspecified atom stereocenters. The van der Waals surface area contributed by atoms with Crippen molar-refractivity contribution in [2.75, 3.05) is 54.4 Å². The zero-order valence-corrected chi connectivity index (χ0v) is 60.0. The molecule has 0 aromatic heterocycles. The number of rotatable bonds is 11. The third-order valence-electron chi connectivity index (χ3n) is 22.8. The highest BCUT2D eigenvalue weighted by atomic mass is 35.5. The van der Waals surface area contributed by atoms with Crippen LogP contribution >= 0.6 is 11.6 Å². The second-order valence-electron chi connectivity index (χ2n) is 30.2. The van der Waals surface area contributed by atoms with E-state index in [2.05, 4.69) is 28.2 Å². The Morgan fingerprint density at radius 3 is 1.83 bits per heavy atom. The van der Waals surface area contributed by atoms with Crippen molar-refractivity contribution in [2.45, 2.75) is 281 Å². The van der Waals surface area contributed by atoms with Crippen LogP contribution in [-0.2, 0) is 52.7 Å². The van der Waals surface area contributed by atoms with Crippen molar-refractivity contribution < 1.29 is 65.9 Å². The first-order chi connectivity index (χ1) is 45.2. The Bertz CT molecular complexity index is 2780. The topological polar surface area (TPSA) is 259 Å². The predicted octanol–water partition coefficient (Wildman–Crippen LogP) is 6.93. The first kappa shape index (κ1) is 77.6. The van der Waals surface area contributed by atoms with Crippen molar-refractivity contribution in [3.05, 3.63) is 0 Å². The number of nitrogens with one attached hydrogen (secondary N) is 4. The zero-order chi connectivity index (χ0) is 70.8. The van der Waals surface area contributed by atoms with Gasteiger partial charge in [0.05, 0.1) is 12.5 Å². The molecule has 3 saturated heterocycles. The minimum absolute atomic E-state index is 0.0193. The van der Waals surface area contributed by atoms with E-state index in [1.54, 1.807) is 27.8 Å². The monoisotopic (exact) mass is 1380 g/mol. The van der Waals surface area contributed by atoms with E-state index < -0.39 is 155 Å². The van der Waals surface area contributed by atoms with Crippen LogP contribution in [0.15, 0.2) is 0 Å². The molecule has 0 bridgehead atoms. The van der Waals surface area contributed by atoms with Crippen LogP contribution in [0.3, 0.4) is 0 Å². The van der Waals surface area contributed by atoms with E-state index in [9.17, 15) is 51.5 Å². The fourth-order valence-electron chi connectivity index (χ4n) is 16.4. The lowest BCUT2D eigenvalue weighted by Gasteiger charge is -2.45. The van der Waals surface area contributed by atoms with Gasteiger partial charge in [0.25, 0.3) is 0 Å². The predicted molar refractivity (Wildman–Crippen MR) is 357 cm³/mol. The van der Waals surface area contributed by atoms with Gasteiger partial charge in [-0.1, -0.05) is 92.4 Å². The summed E-state index contributed by atoms with van der Waals surface area (Å²) in [5.74, 6) is -8.38. The van der Waals surface area contributed by atoms with Crippen LogP contribution in [0.4, 0.5) is 13.2 Å². The van der Waals surface area contributed by atoms with E-state index in [1.807, 2.05) is 27.7 Å². The highest BCUT2D eigenvalue weighted by Gasteiger charge is 2.52. The lowest BCUT2D eigenvalue weighted by molar-refractivity contribution is -0.182. The molecule has 0 aromatic carbocycles. The second kappa shape index (κ2) is 33.9. The van der Waals surface area contributed by atoms with Gasteiger partial charge in [-0.25, -0.2) is 0 Å². The van der Waals surface area contributed by atoms with Crippen LogP contribution in [0.1, 0.15) is 209 Å². The molecule has 1 spiro atoms. The average molecular weight is 1380 g/mol. The summed E-state index contributed by atoms with van der Waals surface area (Å²) >= 11 is 6.40. The standard InChI is InChI=1S/C70H113ClF3N11O11/c1-13-43(6)58-67(95)80(10)45(8)63(91)85-35-31-53(85)66(94)81(11)55(39-47-25-23-42(5)24-26-47)65(93)79(9)40-56(86)76-51(30-28-46-27-29-49(50(71)38-46)70(72,73)74)64(92)84-34-19-22-52(84)61(89)78-69(32-17-18-33-69)68(96)82(12)59(48-20-15-16-21-48)62(90)75-44(7)37-57(87)83(14-2)54(36-41(3)4)60(88)77-58/h41-55,58-59H,13-40H2,1-12H3,(H,75,90)(H,76,86)(H,77,88)(H,78,89)/t42?,43-,44+,45-,46?,47?,49?,50?,51-,52-,53-,54-,55-,58-,59-/m0/s1. The molecule has 3 heterocycles. The molecule has 11 amide bonds. The van der Waals surface area contributed by atoms with Gasteiger partial charge in [0.15, 0.2) is 0 Å². The Kier molecular flexibility index (Phi) is 27.4. The van der Waals surface area contributed by atoms with Crippen LogP contribution in [0.25, 0.3) is 0 Å². The van der Waals surface area contributed by atoms with E-state index in [4.69, 9.17) is 11.6 Å². The molecule has 4 saturated carbocycles. The first-order valence-corrected chi connectivity index (χ1v) is 36.6. The molecule has 7 fully saturated rings. The summed E-state index contributed by atoms with van der Waals surface area (Å²) < 4.78 is 42.0. The van der Waals surface area contributed by atoms with Gasteiger partial charge in [0.1, 0.15) is 53.9 Å². The number of hydrogen-bond acceptors (Lipinski definition) is 11. The Labute approximate surface area is 572 Å². The van der Waals surface area contributed by atoms with Crippen molar-refractivity contribution in [3.63, 3.8) is 0 Å². The SMILES string of the molecule is CC[C@H](C)[C@@H]1NC(=O)[C@H](CC(C)C)N(CC)C(=O)C[C@@H](C)NC(=O)[C@H](C2CCCC2)N(C)C(=O)C2(CCCC2)NC(=O)[C@@H]2CCCN2C(=O)[C@H](CCC2CCC(C(F)(F)F)C(Cl)C2)NC(=O)CN(C)C(=O)[C@H](CC2CCC(C)CC2)N(C)C(=O)[C@@H]2CCN2C(=O)[C@H](C)N(C)C1=O. The molecular weight excluding hydrogens is 1260 g/mol. The maximum absolute atomic E-state index is 15.3. The van der Waals surface area contributed by atoms with E-state index in [0.29, 0.717) is 44.4 Å². The summed E-state index contributed by atoms with van der Waals surface area (Å²) in [7, 11) is 5.97. The van der Waals surface area contributed by atoms with Gasteiger partial charge in [-0.15, -0.1) is 11.6 Å². The Hall–Kier alpha value is -5.75. The number of hydrogen-bond donors (Lipinski definition) is 4. The molecule has 4 N–H and O–H groups in total. The summed E-state index contributed by atoms with van der Waals surface area (Å²) in [5, 5.41) is 10.8.